The van der Waals surface area contributed by atoms with Crippen LogP contribution in [0.15, 0.2) is 12.1 Å². The number of nitrogens with zero attached hydrogens (tertiary/aromatic N) is 1. The van der Waals surface area contributed by atoms with Crippen LogP contribution in [-0.2, 0) is 9.63 Å². The van der Waals surface area contributed by atoms with Crippen LogP contribution in [0.2, 0.25) is 0 Å². The Morgan fingerprint density at radius 2 is 1.80 bits per heavy atom. The van der Waals surface area contributed by atoms with E-state index < -0.39 is 6.09 Å². The van der Waals surface area contributed by atoms with E-state index >= 15 is 0 Å². The Labute approximate surface area is 118 Å². The second kappa shape index (κ2) is 6.91. The zero-order valence-corrected chi connectivity index (χ0v) is 12.4. The summed E-state index contributed by atoms with van der Waals surface area (Å²) in [5.41, 5.74) is 2.24. The van der Waals surface area contributed by atoms with E-state index in [1.54, 1.807) is 12.1 Å². The topological polar surface area (TPSA) is 67.9 Å². The second-order valence-electron chi connectivity index (χ2n) is 4.28. The van der Waals surface area contributed by atoms with Crippen LogP contribution in [0.25, 0.3) is 0 Å². The third-order valence-electron chi connectivity index (χ3n) is 2.63. The molecule has 0 saturated heterocycles. The first-order valence-electron chi connectivity index (χ1n) is 6.35. The Morgan fingerprint density at radius 1 is 1.25 bits per heavy atom. The van der Waals surface area contributed by atoms with Crippen LogP contribution in [0.5, 0.6) is 5.75 Å². The highest BCUT2D eigenvalue weighted by Crippen LogP contribution is 2.30. The third-order valence-corrected chi connectivity index (χ3v) is 2.63. The normalized spacial score (nSPS) is 10.1. The lowest BCUT2D eigenvalue weighted by molar-refractivity contribution is -0.123. The lowest BCUT2D eigenvalue weighted by Crippen LogP contribution is -2.30. The summed E-state index contributed by atoms with van der Waals surface area (Å²) in [7, 11) is 1.49. The fourth-order valence-electron chi connectivity index (χ4n) is 1.90. The Morgan fingerprint density at radius 3 is 2.20 bits per heavy atom. The Hall–Kier alpha value is -2.08. The van der Waals surface area contributed by atoms with Crippen molar-refractivity contribution >= 4 is 17.7 Å². The molecular weight excluding hydrogens is 260 g/mol. The average molecular weight is 280 g/mol. The lowest BCUT2D eigenvalue weighted by Gasteiger charge is -2.23. The van der Waals surface area contributed by atoms with Crippen LogP contribution >= 0.6 is 0 Å². The van der Waals surface area contributed by atoms with Gasteiger partial charge in [-0.1, -0.05) is 0 Å². The van der Waals surface area contributed by atoms with Gasteiger partial charge in [0, 0.05) is 14.0 Å². The van der Waals surface area contributed by atoms with Crippen molar-refractivity contribution in [2.75, 3.05) is 18.7 Å². The molecule has 0 unspecified atom stereocenters. The first-order valence-corrected chi connectivity index (χ1v) is 6.35. The second-order valence-corrected chi connectivity index (χ2v) is 4.28. The van der Waals surface area contributed by atoms with Gasteiger partial charge in [-0.15, -0.1) is 0 Å². The molecule has 0 spiro atoms. The number of nitrogens with one attached hydrogen (secondary N) is 1. The zero-order valence-electron chi connectivity index (χ0n) is 12.4. The van der Waals surface area contributed by atoms with E-state index in [1.165, 1.54) is 19.0 Å². The Kier molecular flexibility index (Phi) is 5.52. The molecule has 6 heteroatoms. The van der Waals surface area contributed by atoms with E-state index in [2.05, 4.69) is 5.32 Å². The quantitative estimate of drug-likeness (QED) is 0.859. The van der Waals surface area contributed by atoms with Crippen molar-refractivity contribution in [3.8, 4) is 5.75 Å². The summed E-state index contributed by atoms with van der Waals surface area (Å²) in [6, 6.07) is 3.37. The molecule has 2 amide bonds. The van der Waals surface area contributed by atoms with Gasteiger partial charge in [0.15, 0.2) is 0 Å². The number of hydrogen-bond donors (Lipinski definition) is 1. The summed E-state index contributed by atoms with van der Waals surface area (Å²) in [6.45, 7) is 7.28. The van der Waals surface area contributed by atoms with E-state index in [0.29, 0.717) is 18.0 Å². The zero-order chi connectivity index (χ0) is 15.3. The van der Waals surface area contributed by atoms with E-state index in [-0.39, 0.29) is 5.91 Å². The summed E-state index contributed by atoms with van der Waals surface area (Å²) in [4.78, 5) is 28.2. The van der Waals surface area contributed by atoms with Gasteiger partial charge in [0.05, 0.1) is 12.3 Å². The monoisotopic (exact) mass is 280 g/mol. The number of aryl methyl sites for hydroxylation is 2. The number of benzene rings is 1. The maximum Gasteiger partial charge on any atom is 0.412 e. The molecule has 6 nitrogen and oxygen atoms in total. The van der Waals surface area contributed by atoms with Crippen molar-refractivity contribution in [1.29, 1.82) is 0 Å². The number of anilines is 1. The molecule has 0 radical (unpaired) electrons. The molecule has 0 atom stereocenters. The summed E-state index contributed by atoms with van der Waals surface area (Å²) < 4.78 is 5.09. The third kappa shape index (κ3) is 3.71. The Bertz CT molecular complexity index is 491. The molecule has 20 heavy (non-hydrogen) atoms. The van der Waals surface area contributed by atoms with Crippen LogP contribution < -0.4 is 15.1 Å². The van der Waals surface area contributed by atoms with E-state index in [4.69, 9.17) is 9.57 Å². The highest BCUT2D eigenvalue weighted by Gasteiger charge is 2.18. The van der Waals surface area contributed by atoms with E-state index in [1.807, 2.05) is 20.8 Å². The summed E-state index contributed by atoms with van der Waals surface area (Å²) in [5, 5.41) is 3.64. The van der Waals surface area contributed by atoms with E-state index in [0.717, 1.165) is 11.1 Å². The van der Waals surface area contributed by atoms with Gasteiger partial charge in [-0.05, 0) is 44.0 Å². The van der Waals surface area contributed by atoms with Crippen molar-refractivity contribution in [1.82, 2.24) is 5.32 Å². The SMILES string of the molecule is CCON(C(C)=O)c1c(C)cc(OC(=O)NC)cc1C. The molecule has 1 aromatic rings. The molecule has 1 rings (SSSR count). The van der Waals surface area contributed by atoms with Gasteiger partial charge >= 0.3 is 6.09 Å². The van der Waals surface area contributed by atoms with Gasteiger partial charge in [0.1, 0.15) is 5.75 Å². The molecule has 0 aliphatic carbocycles. The van der Waals surface area contributed by atoms with Crippen molar-refractivity contribution < 1.29 is 19.2 Å². The molecular formula is C14H20N2O4. The van der Waals surface area contributed by atoms with Crippen molar-refractivity contribution in [2.24, 2.45) is 0 Å². The van der Waals surface area contributed by atoms with Gasteiger partial charge in [0.2, 0.25) is 5.91 Å². The number of rotatable bonds is 4. The predicted molar refractivity (Wildman–Crippen MR) is 75.8 cm³/mol. The maximum atomic E-state index is 11.7. The molecule has 0 saturated carbocycles. The molecule has 1 N–H and O–H groups in total. The number of hydrogen-bond acceptors (Lipinski definition) is 4. The largest absolute Gasteiger partial charge is 0.412 e. The molecule has 110 valence electrons. The minimum Gasteiger partial charge on any atom is -0.410 e. The minimum absolute atomic E-state index is 0.210. The molecule has 0 aliphatic heterocycles. The summed E-state index contributed by atoms with van der Waals surface area (Å²) in [6.07, 6.45) is -0.537. The van der Waals surface area contributed by atoms with Gasteiger partial charge in [0.25, 0.3) is 0 Å². The highest BCUT2D eigenvalue weighted by molar-refractivity contribution is 5.91. The average Bonchev–Trinajstić information content (AvgIpc) is 2.36. The van der Waals surface area contributed by atoms with Gasteiger partial charge in [-0.3, -0.25) is 9.63 Å². The number of carbonyl (C=O) groups is 2. The molecule has 1 aromatic carbocycles. The van der Waals surface area contributed by atoms with Crippen molar-refractivity contribution in [3.05, 3.63) is 23.3 Å². The molecule has 0 bridgehead atoms. The van der Waals surface area contributed by atoms with Crippen LogP contribution in [0, 0.1) is 13.8 Å². The van der Waals surface area contributed by atoms with Crippen LogP contribution in [0.3, 0.4) is 0 Å². The molecule has 0 aliphatic rings. The molecule has 0 aromatic heterocycles. The Balaban J connectivity index is 3.16. The standard InChI is InChI=1S/C14H20N2O4/c1-6-19-16(11(4)17)13-9(2)7-12(8-10(13)3)20-14(18)15-5/h7-8H,6H2,1-5H3,(H,15,18). The van der Waals surface area contributed by atoms with Gasteiger partial charge in [-0.2, -0.15) is 5.06 Å². The number of hydroxylamine groups is 1. The molecule has 0 heterocycles. The first-order chi connectivity index (χ1) is 9.40. The first kappa shape index (κ1) is 16.0. The fraction of sp³-hybridized carbons (Fsp3) is 0.429. The van der Waals surface area contributed by atoms with E-state index in [9.17, 15) is 9.59 Å². The number of amides is 2. The van der Waals surface area contributed by atoms with Gasteiger partial charge in [-0.25, -0.2) is 4.79 Å². The summed E-state index contributed by atoms with van der Waals surface area (Å²) >= 11 is 0. The van der Waals surface area contributed by atoms with Crippen LogP contribution in [0.4, 0.5) is 10.5 Å². The van der Waals surface area contributed by atoms with Crippen LogP contribution in [-0.4, -0.2) is 25.7 Å². The van der Waals surface area contributed by atoms with Crippen LogP contribution in [0.1, 0.15) is 25.0 Å². The number of carbonyl (C=O) groups excluding carboxylic acids is 2. The smallest absolute Gasteiger partial charge is 0.410 e. The number of ether oxygens (including phenoxy) is 1. The van der Waals surface area contributed by atoms with Gasteiger partial charge < -0.3 is 10.1 Å². The van der Waals surface area contributed by atoms with Crippen molar-refractivity contribution in [3.63, 3.8) is 0 Å². The fourth-order valence-corrected chi connectivity index (χ4v) is 1.90. The maximum absolute atomic E-state index is 11.7. The van der Waals surface area contributed by atoms with Crippen molar-refractivity contribution in [2.45, 2.75) is 27.7 Å². The predicted octanol–water partition coefficient (Wildman–Crippen LogP) is 2.33. The summed E-state index contributed by atoms with van der Waals surface area (Å²) in [5.74, 6) is 0.209. The minimum atomic E-state index is -0.537. The lowest BCUT2D eigenvalue weighted by atomic mass is 10.1. The highest BCUT2D eigenvalue weighted by atomic mass is 16.7. The molecule has 0 fully saturated rings.